The van der Waals surface area contributed by atoms with Crippen molar-refractivity contribution in [2.75, 3.05) is 0 Å². The van der Waals surface area contributed by atoms with Crippen molar-refractivity contribution < 1.29 is 57.8 Å². The van der Waals surface area contributed by atoms with Crippen molar-refractivity contribution in [3.63, 3.8) is 0 Å². The fourth-order valence-corrected chi connectivity index (χ4v) is 11.8. The lowest BCUT2D eigenvalue weighted by Gasteiger charge is -2.54. The van der Waals surface area contributed by atoms with Crippen LogP contribution in [0, 0.1) is 41.4 Å². The van der Waals surface area contributed by atoms with E-state index in [1.807, 2.05) is 84.0 Å². The number of hydrogen-bond donors (Lipinski definition) is 4. The topological polar surface area (TPSA) is 188 Å². The number of amides is 2. The van der Waals surface area contributed by atoms with Gasteiger partial charge in [0.1, 0.15) is 5.78 Å². The third kappa shape index (κ3) is 11.3. The fourth-order valence-electron chi connectivity index (χ4n) is 11.8. The molecule has 5 heterocycles. The second-order valence-corrected chi connectivity index (χ2v) is 20.9. The molecule has 67 heavy (non-hydrogen) atoms. The largest absolute Gasteiger partial charge is 0.453 e. The smallest absolute Gasteiger partial charge is 0.303 e. The van der Waals surface area contributed by atoms with Crippen LogP contribution >= 0.6 is 0 Å². The first-order valence-electron chi connectivity index (χ1n) is 25.2. The van der Waals surface area contributed by atoms with Gasteiger partial charge in [0.2, 0.25) is 11.7 Å². The average molecular weight is 937 g/mol. The summed E-state index contributed by atoms with van der Waals surface area (Å²) in [5, 5.41) is 23.2. The quantitative estimate of drug-likeness (QED) is 0.0587. The van der Waals surface area contributed by atoms with Gasteiger partial charge >= 0.3 is 5.97 Å². The van der Waals surface area contributed by atoms with Crippen LogP contribution in [0.2, 0.25) is 0 Å². The minimum absolute atomic E-state index is 0.0381. The van der Waals surface area contributed by atoms with E-state index in [9.17, 15) is 29.4 Å². The molecule has 6 rings (SSSR count). The van der Waals surface area contributed by atoms with Gasteiger partial charge in [-0.1, -0.05) is 85.7 Å². The lowest BCUT2D eigenvalue weighted by Crippen LogP contribution is -2.63. The monoisotopic (exact) mass is 937 g/mol. The van der Waals surface area contributed by atoms with E-state index in [0.29, 0.717) is 57.8 Å². The molecule has 5 aliphatic heterocycles. The Balaban J connectivity index is 1.13. The summed E-state index contributed by atoms with van der Waals surface area (Å²) >= 11 is 0. The standard InChI is InChI=1S/C53H80N2O12/c1-12-39(49(60)55-54-44(57)23-21-38-18-16-15-17-19-38)41-22-20-31(4)47(64-41)35(8)45(58)34(7)46(59)40(13-2)48-32(5)30-33(6)52(65-48)27-25-43(63-37(10)56)53(67-52)29-28-50(11,66-53)42-24-26-51(61,14-3)36(9)62-42/h15-19,21,23,25,27,31-36,39-43,45,47-48,58,61H,12-14,20,22,24,26,28-30H2,1-11H3,(H,54,57)(H,55,60)/b23-21+/t31-,32-,33+,34-,35-,36-,39+,40-,41+,42+,43+,45+,47+,48-,50-,51+,52-,53-/m0/s1. The number of carbonyl (C=O) groups excluding carboxylic acids is 4. The molecule has 5 aliphatic rings. The number of carbonyl (C=O) groups is 4. The first-order chi connectivity index (χ1) is 31.6. The molecular weight excluding hydrogens is 857 g/mol. The molecule has 4 saturated heterocycles. The number of esters is 1. The number of aliphatic hydroxyl groups is 2. The summed E-state index contributed by atoms with van der Waals surface area (Å²) in [6, 6.07) is 9.39. The van der Waals surface area contributed by atoms with Crippen LogP contribution in [0.15, 0.2) is 48.6 Å². The van der Waals surface area contributed by atoms with E-state index in [0.717, 1.165) is 12.0 Å². The summed E-state index contributed by atoms with van der Waals surface area (Å²) < 4.78 is 40.3. The first-order valence-corrected chi connectivity index (χ1v) is 25.2. The second-order valence-electron chi connectivity index (χ2n) is 20.9. The molecule has 1 aromatic carbocycles. The zero-order valence-electron chi connectivity index (χ0n) is 41.8. The molecule has 0 aliphatic carbocycles. The third-order valence-corrected chi connectivity index (χ3v) is 16.3. The highest BCUT2D eigenvalue weighted by Crippen LogP contribution is 2.54. The third-order valence-electron chi connectivity index (χ3n) is 16.3. The van der Waals surface area contributed by atoms with Crippen molar-refractivity contribution in [3.8, 4) is 0 Å². The number of hydrazine groups is 1. The van der Waals surface area contributed by atoms with Gasteiger partial charge in [-0.15, -0.1) is 0 Å². The van der Waals surface area contributed by atoms with Gasteiger partial charge < -0.3 is 38.6 Å². The molecule has 0 bridgehead atoms. The van der Waals surface area contributed by atoms with Crippen LogP contribution < -0.4 is 10.9 Å². The molecule has 374 valence electrons. The Hall–Kier alpha value is -3.50. The molecule has 0 radical (unpaired) electrons. The molecule has 0 unspecified atom stereocenters. The highest BCUT2D eigenvalue weighted by Gasteiger charge is 2.64. The molecule has 2 spiro atoms. The van der Waals surface area contributed by atoms with E-state index in [1.54, 1.807) is 13.0 Å². The van der Waals surface area contributed by atoms with Crippen molar-refractivity contribution >= 4 is 29.6 Å². The van der Waals surface area contributed by atoms with E-state index >= 15 is 0 Å². The van der Waals surface area contributed by atoms with Gasteiger partial charge in [-0.2, -0.15) is 0 Å². The molecule has 2 amide bonds. The number of rotatable bonds is 15. The van der Waals surface area contributed by atoms with Gasteiger partial charge in [0.25, 0.3) is 5.91 Å². The van der Waals surface area contributed by atoms with E-state index in [2.05, 4.69) is 31.6 Å². The maximum absolute atomic E-state index is 14.8. The van der Waals surface area contributed by atoms with Crippen molar-refractivity contribution in [2.24, 2.45) is 41.4 Å². The molecule has 18 atom stereocenters. The highest BCUT2D eigenvalue weighted by atomic mass is 16.8. The van der Waals surface area contributed by atoms with Crippen LogP contribution in [0.25, 0.3) is 6.08 Å². The van der Waals surface area contributed by atoms with Gasteiger partial charge in [0.15, 0.2) is 11.9 Å². The minimum Gasteiger partial charge on any atom is -0.453 e. The van der Waals surface area contributed by atoms with Crippen LogP contribution in [0.4, 0.5) is 0 Å². The van der Waals surface area contributed by atoms with Crippen LogP contribution in [0.5, 0.6) is 0 Å². The van der Waals surface area contributed by atoms with Gasteiger partial charge in [0.05, 0.1) is 53.7 Å². The first kappa shape index (κ1) is 52.9. The Morgan fingerprint density at radius 1 is 0.881 bits per heavy atom. The van der Waals surface area contributed by atoms with Crippen LogP contribution in [0.1, 0.15) is 146 Å². The Kier molecular flexibility index (Phi) is 17.1. The van der Waals surface area contributed by atoms with Gasteiger partial charge in [-0.3, -0.25) is 30.0 Å². The Labute approximate surface area is 398 Å². The fraction of sp³-hybridized carbons (Fsp3) is 0.736. The van der Waals surface area contributed by atoms with E-state index in [1.165, 1.54) is 13.0 Å². The number of nitrogens with one attached hydrogen (secondary N) is 2. The van der Waals surface area contributed by atoms with Gasteiger partial charge in [-0.05, 0) is 107 Å². The predicted molar refractivity (Wildman–Crippen MR) is 252 cm³/mol. The summed E-state index contributed by atoms with van der Waals surface area (Å²) in [6.45, 7) is 21.0. The molecule has 14 heteroatoms. The highest BCUT2D eigenvalue weighted by molar-refractivity contribution is 5.93. The van der Waals surface area contributed by atoms with Crippen LogP contribution in [0.3, 0.4) is 0 Å². The summed E-state index contributed by atoms with van der Waals surface area (Å²) in [5.41, 5.74) is 4.19. The summed E-state index contributed by atoms with van der Waals surface area (Å²) in [6.07, 6.45) is 8.27. The maximum Gasteiger partial charge on any atom is 0.303 e. The number of ketones is 1. The lowest BCUT2D eigenvalue weighted by atomic mass is 9.72. The lowest BCUT2D eigenvalue weighted by molar-refractivity contribution is -0.409. The molecule has 4 fully saturated rings. The number of Topliss-reactive ketones (excluding diaryl/α,β-unsaturated/α-hetero) is 1. The van der Waals surface area contributed by atoms with Crippen LogP contribution in [-0.2, 0) is 47.6 Å². The Morgan fingerprint density at radius 2 is 1.58 bits per heavy atom. The SMILES string of the molecule is CC[C@@H](C(=O)[C@@H](C)[C@@H](O)[C@H](C)[C@@H]1O[C@@H]([C@@H](CC)C(=O)NNC(=O)/C=C/c2ccccc2)CC[C@@H]1C)[C@H]1O[C@]2(C=C[C@@H](OC(C)=O)[C@]3(CC[C@@](C)([C@H]4CC[C@](O)(CC)[C@H](C)O4)O3)O2)[C@H](C)C[C@@H]1C. The summed E-state index contributed by atoms with van der Waals surface area (Å²) in [7, 11) is 0. The van der Waals surface area contributed by atoms with Crippen LogP contribution in [-0.4, -0.2) is 99.3 Å². The molecule has 0 saturated carbocycles. The van der Waals surface area contributed by atoms with Crippen molar-refractivity contribution in [2.45, 2.75) is 206 Å². The zero-order valence-corrected chi connectivity index (χ0v) is 41.8. The number of aliphatic hydroxyl groups excluding tert-OH is 1. The number of ether oxygens (including phenoxy) is 6. The number of benzene rings is 1. The van der Waals surface area contributed by atoms with Gasteiger partial charge in [-0.25, -0.2) is 0 Å². The summed E-state index contributed by atoms with van der Waals surface area (Å²) in [5.74, 6) is -6.59. The Morgan fingerprint density at radius 3 is 2.22 bits per heavy atom. The molecule has 0 aromatic heterocycles. The Bertz CT molecular complexity index is 1950. The number of hydrogen-bond acceptors (Lipinski definition) is 12. The van der Waals surface area contributed by atoms with E-state index < -0.39 is 94.9 Å². The van der Waals surface area contributed by atoms with Crippen molar-refractivity contribution in [3.05, 3.63) is 54.1 Å². The van der Waals surface area contributed by atoms with E-state index in [-0.39, 0.29) is 35.5 Å². The maximum atomic E-state index is 14.8. The zero-order chi connectivity index (χ0) is 49.1. The van der Waals surface area contributed by atoms with E-state index in [4.69, 9.17) is 28.4 Å². The second kappa shape index (κ2) is 21.6. The minimum atomic E-state index is -1.40. The normalized spacial score (nSPS) is 38.8. The van der Waals surface area contributed by atoms with Crippen molar-refractivity contribution in [1.29, 1.82) is 0 Å². The molecular formula is C53H80N2O12. The summed E-state index contributed by atoms with van der Waals surface area (Å²) in [4.78, 5) is 53.2. The average Bonchev–Trinajstić information content (AvgIpc) is 3.65. The molecule has 4 N–H and O–H groups in total. The van der Waals surface area contributed by atoms with Gasteiger partial charge in [0, 0.05) is 43.1 Å². The van der Waals surface area contributed by atoms with Crippen molar-refractivity contribution in [1.82, 2.24) is 10.9 Å². The molecule has 1 aromatic rings. The molecule has 14 nitrogen and oxygen atoms in total. The predicted octanol–water partition coefficient (Wildman–Crippen LogP) is 7.54.